The van der Waals surface area contributed by atoms with Crippen LogP contribution in [0.15, 0.2) is 84.9 Å². The van der Waals surface area contributed by atoms with Crippen molar-refractivity contribution in [2.75, 3.05) is 11.5 Å². The molecular formula is C38H48N2. The molecule has 0 fully saturated rings. The maximum absolute atomic E-state index is 5.86. The van der Waals surface area contributed by atoms with Crippen LogP contribution in [-0.4, -0.2) is 0 Å². The Morgan fingerprint density at radius 3 is 1.15 bits per heavy atom. The van der Waals surface area contributed by atoms with Crippen molar-refractivity contribution in [3.05, 3.63) is 129 Å². The van der Waals surface area contributed by atoms with Crippen LogP contribution >= 0.6 is 0 Å². The summed E-state index contributed by atoms with van der Waals surface area (Å²) in [5, 5.41) is 0. The van der Waals surface area contributed by atoms with Crippen LogP contribution in [0.3, 0.4) is 0 Å². The number of anilines is 2. The summed E-state index contributed by atoms with van der Waals surface area (Å²) in [5.74, 6) is 0. The molecule has 0 bridgehead atoms. The first-order chi connectivity index (χ1) is 19.5. The second-order valence-corrected chi connectivity index (χ2v) is 11.5. The highest BCUT2D eigenvalue weighted by Gasteiger charge is 2.07. The maximum atomic E-state index is 5.86. The molecule has 0 unspecified atom stereocenters. The monoisotopic (exact) mass is 532 g/mol. The van der Waals surface area contributed by atoms with Crippen LogP contribution < -0.4 is 11.5 Å². The molecule has 0 aliphatic rings. The van der Waals surface area contributed by atoms with Crippen molar-refractivity contribution in [3.8, 4) is 0 Å². The molecule has 2 nitrogen and oxygen atoms in total. The molecule has 210 valence electrons. The second kappa shape index (κ2) is 15.3. The minimum absolute atomic E-state index is 0.829. The molecule has 40 heavy (non-hydrogen) atoms. The number of unbranched alkanes of at least 4 members (excludes halogenated alkanes) is 3. The third kappa shape index (κ3) is 9.01. The van der Waals surface area contributed by atoms with Crippen molar-refractivity contribution in [1.29, 1.82) is 0 Å². The van der Waals surface area contributed by atoms with E-state index in [9.17, 15) is 0 Å². The molecule has 4 rings (SSSR count). The minimum Gasteiger partial charge on any atom is -0.399 e. The summed E-state index contributed by atoms with van der Waals surface area (Å²) in [6.07, 6.45) is 14.2. The van der Waals surface area contributed by atoms with Crippen LogP contribution in [0.25, 0.3) is 0 Å². The van der Waals surface area contributed by atoms with E-state index in [0.717, 1.165) is 24.2 Å². The summed E-state index contributed by atoms with van der Waals surface area (Å²) in [4.78, 5) is 0. The Morgan fingerprint density at radius 1 is 0.400 bits per heavy atom. The highest BCUT2D eigenvalue weighted by Crippen LogP contribution is 2.22. The van der Waals surface area contributed by atoms with Crippen molar-refractivity contribution in [1.82, 2.24) is 0 Å². The van der Waals surface area contributed by atoms with Gasteiger partial charge >= 0.3 is 0 Å². The summed E-state index contributed by atoms with van der Waals surface area (Å²) in [5.41, 5.74) is 25.0. The fourth-order valence-electron chi connectivity index (χ4n) is 5.80. The number of rotatable bonds is 15. The van der Waals surface area contributed by atoms with Crippen LogP contribution in [0, 0.1) is 0 Å². The van der Waals surface area contributed by atoms with Gasteiger partial charge < -0.3 is 11.5 Å². The standard InChI is InChI=1S/C38H48N2/c1-3-9-35-27-31(25-29-15-21-37(39)22-16-29)13-19-33(35)11-7-5-6-8-12-34-20-14-32(28-36(34)10-4-2)26-30-17-23-38(40)24-18-30/h13-24,27-28H,3-12,25-26,39-40H2,1-2H3. The summed E-state index contributed by atoms with van der Waals surface area (Å²) in [6, 6.07) is 30.9. The van der Waals surface area contributed by atoms with Crippen LogP contribution in [0.4, 0.5) is 11.4 Å². The predicted octanol–water partition coefficient (Wildman–Crippen LogP) is 9.28. The number of aryl methyl sites for hydroxylation is 4. The van der Waals surface area contributed by atoms with Crippen LogP contribution in [0.5, 0.6) is 0 Å². The van der Waals surface area contributed by atoms with Crippen LogP contribution in [-0.2, 0) is 38.5 Å². The molecule has 0 spiro atoms. The Morgan fingerprint density at radius 2 is 0.775 bits per heavy atom. The first-order valence-electron chi connectivity index (χ1n) is 15.4. The Kier molecular flexibility index (Phi) is 11.3. The minimum atomic E-state index is 0.829. The first kappa shape index (κ1) is 29.5. The Bertz CT molecular complexity index is 1210. The van der Waals surface area contributed by atoms with E-state index in [1.807, 2.05) is 24.3 Å². The molecular weight excluding hydrogens is 484 g/mol. The molecule has 4 N–H and O–H groups in total. The van der Waals surface area contributed by atoms with Gasteiger partial charge in [-0.3, -0.25) is 0 Å². The van der Waals surface area contributed by atoms with E-state index in [1.54, 1.807) is 22.3 Å². The summed E-state index contributed by atoms with van der Waals surface area (Å²) >= 11 is 0. The highest BCUT2D eigenvalue weighted by atomic mass is 14.5. The van der Waals surface area contributed by atoms with Crippen molar-refractivity contribution in [3.63, 3.8) is 0 Å². The lowest BCUT2D eigenvalue weighted by molar-refractivity contribution is 0.636. The van der Waals surface area contributed by atoms with Gasteiger partial charge in [-0.15, -0.1) is 0 Å². The fraction of sp³-hybridized carbons (Fsp3) is 0.368. The normalized spacial score (nSPS) is 11.2. The molecule has 2 heteroatoms. The predicted molar refractivity (Wildman–Crippen MR) is 174 cm³/mol. The third-order valence-electron chi connectivity index (χ3n) is 8.00. The largest absolute Gasteiger partial charge is 0.399 e. The molecule has 0 amide bonds. The fourth-order valence-corrected chi connectivity index (χ4v) is 5.80. The summed E-state index contributed by atoms with van der Waals surface area (Å²) in [6.45, 7) is 4.57. The molecule has 0 saturated carbocycles. The average molecular weight is 533 g/mol. The SMILES string of the molecule is CCCc1cc(Cc2ccc(N)cc2)ccc1CCCCCCc1ccc(Cc2ccc(N)cc2)cc1CCC. The lowest BCUT2D eigenvalue weighted by Gasteiger charge is -2.13. The van der Waals surface area contributed by atoms with Gasteiger partial charge in [-0.05, 0) is 120 Å². The smallest absolute Gasteiger partial charge is 0.0314 e. The van der Waals surface area contributed by atoms with Crippen molar-refractivity contribution < 1.29 is 0 Å². The Hall–Kier alpha value is -3.52. The van der Waals surface area contributed by atoms with Crippen molar-refractivity contribution in [2.24, 2.45) is 0 Å². The zero-order valence-corrected chi connectivity index (χ0v) is 24.7. The summed E-state index contributed by atoms with van der Waals surface area (Å²) < 4.78 is 0. The molecule has 0 saturated heterocycles. The molecule has 4 aromatic rings. The molecule has 0 aromatic heterocycles. The second-order valence-electron chi connectivity index (χ2n) is 11.5. The van der Waals surface area contributed by atoms with Crippen molar-refractivity contribution >= 4 is 11.4 Å². The zero-order chi connectivity index (χ0) is 28.2. The molecule has 4 aromatic carbocycles. The van der Waals surface area contributed by atoms with Gasteiger partial charge in [0, 0.05) is 11.4 Å². The summed E-state index contributed by atoms with van der Waals surface area (Å²) in [7, 11) is 0. The number of nitrogen functional groups attached to an aromatic ring is 2. The van der Waals surface area contributed by atoms with E-state index in [0.29, 0.717) is 0 Å². The van der Waals surface area contributed by atoms with E-state index < -0.39 is 0 Å². The van der Waals surface area contributed by atoms with E-state index in [1.165, 1.54) is 86.5 Å². The zero-order valence-electron chi connectivity index (χ0n) is 24.7. The maximum Gasteiger partial charge on any atom is 0.0314 e. The lowest BCUT2D eigenvalue weighted by atomic mass is 9.92. The first-order valence-corrected chi connectivity index (χ1v) is 15.4. The van der Waals surface area contributed by atoms with E-state index in [4.69, 9.17) is 11.5 Å². The van der Waals surface area contributed by atoms with Crippen LogP contribution in [0.1, 0.15) is 96.9 Å². The Labute approximate surface area is 242 Å². The Balaban J connectivity index is 1.25. The number of hydrogen-bond acceptors (Lipinski definition) is 2. The highest BCUT2D eigenvalue weighted by molar-refractivity contribution is 5.43. The number of nitrogens with two attached hydrogens (primary N) is 2. The van der Waals surface area contributed by atoms with Gasteiger partial charge in [0.2, 0.25) is 0 Å². The van der Waals surface area contributed by atoms with Crippen molar-refractivity contribution in [2.45, 2.75) is 90.9 Å². The van der Waals surface area contributed by atoms with E-state index in [-0.39, 0.29) is 0 Å². The van der Waals surface area contributed by atoms with Gasteiger partial charge in [-0.2, -0.15) is 0 Å². The molecule has 0 aliphatic carbocycles. The molecule has 0 heterocycles. The van der Waals surface area contributed by atoms with E-state index in [2.05, 4.69) is 74.5 Å². The molecule has 0 atom stereocenters. The number of benzene rings is 4. The molecule has 0 radical (unpaired) electrons. The number of hydrogen-bond donors (Lipinski definition) is 2. The molecule has 0 aliphatic heterocycles. The van der Waals surface area contributed by atoms with Gasteiger partial charge in [0.05, 0.1) is 0 Å². The third-order valence-corrected chi connectivity index (χ3v) is 8.00. The lowest BCUT2D eigenvalue weighted by Crippen LogP contribution is -1.99. The topological polar surface area (TPSA) is 52.0 Å². The van der Waals surface area contributed by atoms with Gasteiger partial charge in [-0.25, -0.2) is 0 Å². The van der Waals surface area contributed by atoms with Gasteiger partial charge in [0.25, 0.3) is 0 Å². The van der Waals surface area contributed by atoms with Crippen LogP contribution in [0.2, 0.25) is 0 Å². The van der Waals surface area contributed by atoms with Gasteiger partial charge in [0.1, 0.15) is 0 Å². The quantitative estimate of drug-likeness (QED) is 0.118. The average Bonchev–Trinajstić information content (AvgIpc) is 2.95. The van der Waals surface area contributed by atoms with Gasteiger partial charge in [-0.1, -0.05) is 100 Å². The van der Waals surface area contributed by atoms with Gasteiger partial charge in [0.15, 0.2) is 0 Å². The van der Waals surface area contributed by atoms with E-state index >= 15 is 0 Å².